The Bertz CT molecular complexity index is 990. The number of nitrogens with one attached hydrogen (secondary N) is 1. The summed E-state index contributed by atoms with van der Waals surface area (Å²) in [6, 6.07) is 12.6. The van der Waals surface area contributed by atoms with Crippen molar-refractivity contribution < 1.29 is 13.2 Å². The maximum atomic E-state index is 13.2. The van der Waals surface area contributed by atoms with Crippen LogP contribution in [0.3, 0.4) is 0 Å². The Balaban J connectivity index is 1.72. The number of aryl methyl sites for hydroxylation is 2. The molecule has 2 aromatic rings. The van der Waals surface area contributed by atoms with Crippen molar-refractivity contribution in [3.63, 3.8) is 0 Å². The van der Waals surface area contributed by atoms with Crippen LogP contribution in [0.1, 0.15) is 42.5 Å². The summed E-state index contributed by atoms with van der Waals surface area (Å²) in [6.45, 7) is 6.23. The summed E-state index contributed by atoms with van der Waals surface area (Å²) in [4.78, 5) is 13.1. The van der Waals surface area contributed by atoms with Gasteiger partial charge in [0.25, 0.3) is 0 Å². The van der Waals surface area contributed by atoms with E-state index in [0.29, 0.717) is 29.3 Å². The molecule has 3 rings (SSSR count). The van der Waals surface area contributed by atoms with Crippen LogP contribution >= 0.6 is 11.6 Å². The van der Waals surface area contributed by atoms with Crippen LogP contribution in [0.2, 0.25) is 5.02 Å². The highest BCUT2D eigenvalue weighted by molar-refractivity contribution is 7.89. The van der Waals surface area contributed by atoms with E-state index in [0.717, 1.165) is 16.7 Å². The number of rotatable bonds is 5. The number of carbonyl (C=O) groups is 1. The SMILES string of the molecule is Cc1ccc(C)c(S(=O)(=O)N2CCC[C@@H](C(=O)N[C@@H](C)c3ccc(Cl)cc3)C2)c1. The van der Waals surface area contributed by atoms with Gasteiger partial charge >= 0.3 is 0 Å². The highest BCUT2D eigenvalue weighted by atomic mass is 35.5. The molecule has 1 aliphatic heterocycles. The first-order valence-electron chi connectivity index (χ1n) is 9.81. The topological polar surface area (TPSA) is 66.5 Å². The van der Waals surface area contributed by atoms with Gasteiger partial charge in [-0.2, -0.15) is 4.31 Å². The van der Waals surface area contributed by atoms with Gasteiger partial charge in [-0.05, 0) is 68.5 Å². The molecule has 1 heterocycles. The first-order valence-corrected chi connectivity index (χ1v) is 11.6. The maximum absolute atomic E-state index is 13.2. The number of carbonyl (C=O) groups excluding carboxylic acids is 1. The number of piperidine rings is 1. The van der Waals surface area contributed by atoms with Crippen molar-refractivity contribution in [1.82, 2.24) is 9.62 Å². The molecule has 7 heteroatoms. The number of halogens is 1. The fraction of sp³-hybridized carbons (Fsp3) is 0.409. The molecule has 0 aromatic heterocycles. The Kier molecular flexibility index (Phi) is 6.66. The van der Waals surface area contributed by atoms with Crippen molar-refractivity contribution in [2.24, 2.45) is 5.92 Å². The molecule has 2 aromatic carbocycles. The second-order valence-corrected chi connectivity index (χ2v) is 10.1. The van der Waals surface area contributed by atoms with E-state index in [1.807, 2.05) is 38.1 Å². The molecule has 1 saturated heterocycles. The molecule has 5 nitrogen and oxygen atoms in total. The van der Waals surface area contributed by atoms with Crippen molar-refractivity contribution in [3.05, 3.63) is 64.2 Å². The van der Waals surface area contributed by atoms with Gasteiger partial charge in [-0.3, -0.25) is 4.79 Å². The zero-order valence-electron chi connectivity index (χ0n) is 17.0. The molecule has 0 aliphatic carbocycles. The first kappa shape index (κ1) is 21.8. The van der Waals surface area contributed by atoms with Crippen molar-refractivity contribution in [2.75, 3.05) is 13.1 Å². The number of benzene rings is 2. The zero-order valence-corrected chi connectivity index (χ0v) is 18.6. The average Bonchev–Trinajstić information content (AvgIpc) is 2.70. The van der Waals surface area contributed by atoms with E-state index in [1.165, 1.54) is 4.31 Å². The summed E-state index contributed by atoms with van der Waals surface area (Å²) >= 11 is 5.92. The van der Waals surface area contributed by atoms with Crippen LogP contribution in [0.4, 0.5) is 0 Å². The molecule has 1 aliphatic rings. The summed E-state index contributed by atoms with van der Waals surface area (Å²) in [5, 5.41) is 3.66. The van der Waals surface area contributed by atoms with Crippen LogP contribution in [-0.4, -0.2) is 31.7 Å². The Morgan fingerprint density at radius 1 is 1.17 bits per heavy atom. The molecule has 0 saturated carbocycles. The van der Waals surface area contributed by atoms with Gasteiger partial charge < -0.3 is 5.32 Å². The van der Waals surface area contributed by atoms with Gasteiger partial charge in [0, 0.05) is 18.1 Å². The summed E-state index contributed by atoms with van der Waals surface area (Å²) in [6.07, 6.45) is 1.34. The van der Waals surface area contributed by atoms with Gasteiger partial charge in [0.05, 0.1) is 16.9 Å². The summed E-state index contributed by atoms with van der Waals surface area (Å²) < 4.78 is 27.8. The molecule has 1 amide bonds. The van der Waals surface area contributed by atoms with E-state index in [9.17, 15) is 13.2 Å². The summed E-state index contributed by atoms with van der Waals surface area (Å²) in [7, 11) is -3.63. The third-order valence-electron chi connectivity index (χ3n) is 5.45. The Morgan fingerprint density at radius 2 is 1.86 bits per heavy atom. The maximum Gasteiger partial charge on any atom is 0.243 e. The van der Waals surface area contributed by atoms with Crippen LogP contribution in [0.5, 0.6) is 0 Å². The molecule has 29 heavy (non-hydrogen) atoms. The van der Waals surface area contributed by atoms with Gasteiger partial charge in [0.15, 0.2) is 0 Å². The van der Waals surface area contributed by atoms with E-state index >= 15 is 0 Å². The smallest absolute Gasteiger partial charge is 0.243 e. The number of nitrogens with zero attached hydrogens (tertiary/aromatic N) is 1. The van der Waals surface area contributed by atoms with Crippen LogP contribution in [-0.2, 0) is 14.8 Å². The number of hydrogen-bond donors (Lipinski definition) is 1. The molecule has 1 fully saturated rings. The average molecular weight is 435 g/mol. The highest BCUT2D eigenvalue weighted by Crippen LogP contribution is 2.27. The van der Waals surface area contributed by atoms with Gasteiger partial charge in [-0.1, -0.05) is 35.9 Å². The van der Waals surface area contributed by atoms with Crippen molar-refractivity contribution in [3.8, 4) is 0 Å². The molecular weight excluding hydrogens is 408 g/mol. The predicted molar refractivity (Wildman–Crippen MR) is 115 cm³/mol. The quantitative estimate of drug-likeness (QED) is 0.765. The van der Waals surface area contributed by atoms with Gasteiger partial charge in [-0.25, -0.2) is 8.42 Å². The lowest BCUT2D eigenvalue weighted by Gasteiger charge is -2.32. The van der Waals surface area contributed by atoms with E-state index in [4.69, 9.17) is 11.6 Å². The lowest BCUT2D eigenvalue weighted by molar-refractivity contribution is -0.126. The number of amides is 1. The monoisotopic (exact) mass is 434 g/mol. The summed E-state index contributed by atoms with van der Waals surface area (Å²) in [5.74, 6) is -0.480. The van der Waals surface area contributed by atoms with Gasteiger partial charge in [-0.15, -0.1) is 0 Å². The molecule has 0 unspecified atom stereocenters. The number of sulfonamides is 1. The minimum absolute atomic E-state index is 0.117. The predicted octanol–water partition coefficient (Wildman–Crippen LogP) is 4.23. The summed E-state index contributed by atoms with van der Waals surface area (Å²) in [5.41, 5.74) is 2.58. The standard InChI is InChI=1S/C22H27ClN2O3S/c1-15-6-7-16(2)21(13-15)29(27,28)25-12-4-5-19(14-25)22(26)24-17(3)18-8-10-20(23)11-9-18/h6-11,13,17,19H,4-5,12,14H2,1-3H3,(H,24,26)/t17-,19+/m0/s1. The zero-order chi connectivity index (χ0) is 21.2. The van der Waals surface area contributed by atoms with Crippen molar-refractivity contribution >= 4 is 27.5 Å². The minimum atomic E-state index is -3.63. The van der Waals surface area contributed by atoms with Crippen LogP contribution in [0.15, 0.2) is 47.4 Å². The van der Waals surface area contributed by atoms with Crippen LogP contribution in [0.25, 0.3) is 0 Å². The van der Waals surface area contributed by atoms with Gasteiger partial charge in [0.1, 0.15) is 0 Å². The molecule has 156 valence electrons. The van der Waals surface area contributed by atoms with Crippen molar-refractivity contribution in [1.29, 1.82) is 0 Å². The van der Waals surface area contributed by atoms with E-state index in [-0.39, 0.29) is 24.4 Å². The van der Waals surface area contributed by atoms with Crippen LogP contribution in [0, 0.1) is 19.8 Å². The van der Waals surface area contributed by atoms with Gasteiger partial charge in [0.2, 0.25) is 15.9 Å². The third-order valence-corrected chi connectivity index (χ3v) is 7.70. The molecule has 1 N–H and O–H groups in total. The molecule has 0 radical (unpaired) electrons. The van der Waals surface area contributed by atoms with Crippen molar-refractivity contribution in [2.45, 2.75) is 44.6 Å². The minimum Gasteiger partial charge on any atom is -0.349 e. The highest BCUT2D eigenvalue weighted by Gasteiger charge is 2.34. The van der Waals surface area contributed by atoms with Crippen LogP contribution < -0.4 is 5.32 Å². The molecule has 2 atom stereocenters. The van der Waals surface area contributed by atoms with E-state index in [2.05, 4.69) is 5.32 Å². The molecular formula is C22H27ClN2O3S. The normalized spacial score (nSPS) is 19.0. The molecule has 0 bridgehead atoms. The Labute approximate surface area is 178 Å². The fourth-order valence-electron chi connectivity index (χ4n) is 3.67. The second kappa shape index (κ2) is 8.86. The van der Waals surface area contributed by atoms with E-state index in [1.54, 1.807) is 25.1 Å². The number of hydrogen-bond acceptors (Lipinski definition) is 3. The lowest BCUT2D eigenvalue weighted by atomic mass is 9.98. The second-order valence-electron chi connectivity index (χ2n) is 7.75. The largest absolute Gasteiger partial charge is 0.349 e. The third kappa shape index (κ3) is 5.00. The lowest BCUT2D eigenvalue weighted by Crippen LogP contribution is -2.45. The Hall–Kier alpha value is -1.89. The fourth-order valence-corrected chi connectivity index (χ4v) is 5.62. The first-order chi connectivity index (χ1) is 13.7. The Morgan fingerprint density at radius 3 is 2.55 bits per heavy atom. The molecule has 0 spiro atoms. The van der Waals surface area contributed by atoms with E-state index < -0.39 is 10.0 Å².